The second-order valence-electron chi connectivity index (χ2n) is 11.9. The van der Waals surface area contributed by atoms with E-state index in [0.717, 1.165) is 22.7 Å². The number of aromatic nitrogens is 2. The summed E-state index contributed by atoms with van der Waals surface area (Å²) in [6.45, 7) is 8.28. The van der Waals surface area contributed by atoms with E-state index in [1.807, 2.05) is 0 Å². The Morgan fingerprint density at radius 1 is 1.32 bits per heavy atom. The number of aliphatic imine (C=N–C) groups is 1. The molecule has 1 aliphatic heterocycles. The molecule has 1 aliphatic carbocycles. The number of terminal acetylenes is 1. The number of carboxylic acid groups (broad SMARTS) is 1. The zero-order valence-electron chi connectivity index (χ0n) is 25.2. The first-order chi connectivity index (χ1) is 20.7. The first-order valence-corrected chi connectivity index (χ1v) is 18.4. The second kappa shape index (κ2) is 13.1. The number of ether oxygens (including phenoxy) is 2. The van der Waals surface area contributed by atoms with Crippen molar-refractivity contribution in [2.75, 3.05) is 27.0 Å². The van der Waals surface area contributed by atoms with E-state index in [2.05, 4.69) is 40.8 Å². The van der Waals surface area contributed by atoms with E-state index in [4.69, 9.17) is 20.9 Å². The molecule has 10 nitrogen and oxygen atoms in total. The van der Waals surface area contributed by atoms with Crippen LogP contribution >= 0.6 is 11.8 Å². The number of amides is 2. The van der Waals surface area contributed by atoms with Crippen LogP contribution in [0.4, 0.5) is 13.6 Å². The van der Waals surface area contributed by atoms with Crippen LogP contribution in [0, 0.1) is 24.1 Å². The molecule has 234 valence electrons. The van der Waals surface area contributed by atoms with Crippen LogP contribution in [0.2, 0.25) is 25.7 Å². The van der Waals surface area contributed by atoms with Crippen molar-refractivity contribution >= 4 is 48.9 Å². The third kappa shape index (κ3) is 7.11. The van der Waals surface area contributed by atoms with Crippen LogP contribution in [0.25, 0.3) is 11.9 Å². The number of halogens is 2. The van der Waals surface area contributed by atoms with Crippen LogP contribution in [0.15, 0.2) is 35.6 Å². The van der Waals surface area contributed by atoms with Gasteiger partial charge in [0.05, 0.1) is 17.9 Å². The maximum absolute atomic E-state index is 15.6. The monoisotopic (exact) mass is 643 g/mol. The summed E-state index contributed by atoms with van der Waals surface area (Å²) in [7, 11) is 0.0717. The first-order valence-electron chi connectivity index (χ1n) is 13.9. The van der Waals surface area contributed by atoms with Crippen LogP contribution in [0.1, 0.15) is 30.2 Å². The fourth-order valence-corrected chi connectivity index (χ4v) is 7.32. The summed E-state index contributed by atoms with van der Waals surface area (Å²) in [4.78, 5) is 39.2. The number of carbonyl (C=O) groups is 2. The van der Waals surface area contributed by atoms with Crippen molar-refractivity contribution in [1.82, 2.24) is 20.2 Å². The summed E-state index contributed by atoms with van der Waals surface area (Å²) in [5, 5.41) is 12.8. The van der Waals surface area contributed by atoms with E-state index >= 15 is 8.78 Å². The van der Waals surface area contributed by atoms with E-state index < -0.39 is 42.0 Å². The summed E-state index contributed by atoms with van der Waals surface area (Å²) < 4.78 is 40.6. The average Bonchev–Trinajstić information content (AvgIpc) is 3.73. The Morgan fingerprint density at radius 3 is 2.68 bits per heavy atom. The molecule has 1 fully saturated rings. The molecule has 2 aromatic rings. The van der Waals surface area contributed by atoms with Gasteiger partial charge in [-0.05, 0) is 43.2 Å². The Kier molecular flexibility index (Phi) is 9.82. The Hall–Kier alpha value is -3.80. The topological polar surface area (TPSA) is 126 Å². The minimum Gasteiger partial charge on any atom is -0.465 e. The molecule has 4 rings (SSSR count). The van der Waals surface area contributed by atoms with E-state index in [-0.39, 0.29) is 41.5 Å². The van der Waals surface area contributed by atoms with Crippen LogP contribution in [0.5, 0.6) is 5.88 Å². The van der Waals surface area contributed by atoms with Crippen molar-refractivity contribution in [1.29, 1.82) is 0 Å². The van der Waals surface area contributed by atoms with Crippen LogP contribution < -0.4 is 10.1 Å². The van der Waals surface area contributed by atoms with E-state index in [9.17, 15) is 14.7 Å². The highest BCUT2D eigenvalue weighted by Crippen LogP contribution is 2.66. The highest BCUT2D eigenvalue weighted by Gasteiger charge is 2.71. The van der Waals surface area contributed by atoms with Crippen LogP contribution in [0.3, 0.4) is 0 Å². The van der Waals surface area contributed by atoms with Gasteiger partial charge in [0.1, 0.15) is 23.0 Å². The molecule has 0 radical (unpaired) electrons. The van der Waals surface area contributed by atoms with Crippen molar-refractivity contribution in [3.63, 3.8) is 0 Å². The molecule has 2 amide bonds. The predicted molar refractivity (Wildman–Crippen MR) is 168 cm³/mol. The molecule has 0 unspecified atom stereocenters. The Morgan fingerprint density at radius 2 is 2.07 bits per heavy atom. The number of carbonyl (C=O) groups excluding carboxylic acids is 1. The number of hydrogen-bond acceptors (Lipinski definition) is 8. The summed E-state index contributed by atoms with van der Waals surface area (Å²) in [5.74, 6) is 0.319. The zero-order valence-corrected chi connectivity index (χ0v) is 27.0. The summed E-state index contributed by atoms with van der Waals surface area (Å²) in [5.41, 5.74) is -1.02. The van der Waals surface area contributed by atoms with Gasteiger partial charge in [0.25, 0.3) is 0 Å². The number of amidine groups is 1. The highest BCUT2D eigenvalue weighted by atomic mass is 32.2. The number of fused-ring (bicyclic) bond motifs is 1. The average molecular weight is 644 g/mol. The van der Waals surface area contributed by atoms with Crippen molar-refractivity contribution in [2.24, 2.45) is 10.9 Å². The lowest BCUT2D eigenvalue weighted by Gasteiger charge is -2.36. The standard InChI is InChI=1S/C30H35F2N5O5SSi/c1-7-10-42-25-17-34-23(16-35-25)22(32)14-19-8-9-21(31)20(13-19)29(2)24-15-30(24,26(38)33-3)43-27(36-29)37(28(39)40)18-41-11-12-44(4,5)6/h1,8-9,13-14,16-17,24H,10-12,15,18H2,2-6H3,(H,33,38)(H,39,40)/b22-14-/t24-,29+,30-/m0/s1. The molecule has 2 heterocycles. The minimum absolute atomic E-state index is 0.00970. The molecule has 44 heavy (non-hydrogen) atoms. The molecule has 2 aliphatic rings. The number of thioether (sulfide) groups is 1. The van der Waals surface area contributed by atoms with Gasteiger partial charge in [-0.25, -0.2) is 28.4 Å². The Labute approximate surface area is 260 Å². The van der Waals surface area contributed by atoms with Gasteiger partial charge in [0.2, 0.25) is 11.8 Å². The molecular formula is C30H35F2N5O5SSi. The molecule has 1 aromatic heterocycles. The zero-order chi connectivity index (χ0) is 32.3. The van der Waals surface area contributed by atoms with Crippen molar-refractivity contribution in [3.05, 3.63) is 53.2 Å². The normalized spacial score (nSPS) is 22.7. The third-order valence-corrected chi connectivity index (χ3v) is 10.7. The number of nitrogens with zero attached hydrogens (tertiary/aromatic N) is 4. The summed E-state index contributed by atoms with van der Waals surface area (Å²) in [6, 6.07) is 4.87. The molecule has 2 N–H and O–H groups in total. The summed E-state index contributed by atoms with van der Waals surface area (Å²) in [6.07, 6.45) is 7.78. The maximum atomic E-state index is 15.6. The van der Waals surface area contributed by atoms with E-state index in [1.54, 1.807) is 6.92 Å². The highest BCUT2D eigenvalue weighted by molar-refractivity contribution is 8.16. The smallest absolute Gasteiger partial charge is 0.415 e. The summed E-state index contributed by atoms with van der Waals surface area (Å²) >= 11 is 1.04. The van der Waals surface area contributed by atoms with Crippen molar-refractivity contribution < 1.29 is 33.0 Å². The Bertz CT molecular complexity index is 1530. The van der Waals surface area contributed by atoms with Gasteiger partial charge in [-0.1, -0.05) is 43.4 Å². The fraction of sp³-hybridized carbons (Fsp3) is 0.433. The van der Waals surface area contributed by atoms with Gasteiger partial charge in [-0.15, -0.1) is 6.42 Å². The fourth-order valence-electron chi connectivity index (χ4n) is 4.94. The third-order valence-electron chi connectivity index (χ3n) is 7.49. The van der Waals surface area contributed by atoms with Gasteiger partial charge in [0.15, 0.2) is 17.6 Å². The molecular weight excluding hydrogens is 609 g/mol. The maximum Gasteiger partial charge on any atom is 0.415 e. The molecule has 0 bridgehead atoms. The van der Waals surface area contributed by atoms with Gasteiger partial charge < -0.3 is 19.9 Å². The molecule has 1 aromatic carbocycles. The second-order valence-corrected chi connectivity index (χ2v) is 18.8. The lowest BCUT2D eigenvalue weighted by molar-refractivity contribution is -0.121. The number of benzene rings is 1. The number of hydrogen-bond donors (Lipinski definition) is 2. The number of nitrogens with one attached hydrogen (secondary N) is 1. The SMILES string of the molecule is C#CCOc1cnc(/C(F)=C/c2ccc(F)c([C@@]3(C)N=C(N(COCC[Si](C)(C)C)C(=O)O)S[C@@]4(C(=O)NC)C[C@H]43)c2)cn1. The molecule has 3 atom stereocenters. The van der Waals surface area contributed by atoms with E-state index in [0.29, 0.717) is 18.6 Å². The molecule has 0 spiro atoms. The van der Waals surface area contributed by atoms with Crippen molar-refractivity contribution in [2.45, 2.75) is 49.3 Å². The lowest BCUT2D eigenvalue weighted by atomic mass is 9.84. The minimum atomic E-state index is -1.42. The lowest BCUT2D eigenvalue weighted by Crippen LogP contribution is -2.47. The van der Waals surface area contributed by atoms with Crippen molar-refractivity contribution in [3.8, 4) is 18.2 Å². The van der Waals surface area contributed by atoms with Crippen LogP contribution in [-0.4, -0.2) is 77.0 Å². The van der Waals surface area contributed by atoms with Crippen LogP contribution in [-0.2, 0) is 15.1 Å². The van der Waals surface area contributed by atoms with Gasteiger partial charge in [-0.3, -0.25) is 9.79 Å². The molecule has 1 saturated carbocycles. The predicted octanol–water partition coefficient (Wildman–Crippen LogP) is 5.21. The largest absolute Gasteiger partial charge is 0.465 e. The molecule has 0 saturated heterocycles. The molecule has 14 heteroatoms. The number of rotatable bonds is 11. The van der Waals surface area contributed by atoms with Gasteiger partial charge >= 0.3 is 6.09 Å². The van der Waals surface area contributed by atoms with Gasteiger partial charge in [-0.2, -0.15) is 0 Å². The quantitative estimate of drug-likeness (QED) is 0.148. The first kappa shape index (κ1) is 33.1. The Balaban J connectivity index is 1.69. The van der Waals surface area contributed by atoms with Gasteiger partial charge in [0, 0.05) is 33.2 Å². The van der Waals surface area contributed by atoms with E-state index in [1.165, 1.54) is 43.7 Å².